The Balaban J connectivity index is 2.08. The highest BCUT2D eigenvalue weighted by Crippen LogP contribution is 2.43. The lowest BCUT2D eigenvalue weighted by molar-refractivity contribution is -0.154. The summed E-state index contributed by atoms with van der Waals surface area (Å²) in [4.78, 5) is 25.5. The Hall–Kier alpha value is -1.30. The van der Waals surface area contributed by atoms with Crippen molar-refractivity contribution in [2.75, 3.05) is 26.3 Å². The summed E-state index contributed by atoms with van der Waals surface area (Å²) < 4.78 is 10.7. The van der Waals surface area contributed by atoms with Crippen molar-refractivity contribution < 1.29 is 24.2 Å². The first-order chi connectivity index (χ1) is 9.74. The Morgan fingerprint density at radius 2 is 1.90 bits per heavy atom. The Labute approximate surface area is 125 Å². The Morgan fingerprint density at radius 1 is 1.29 bits per heavy atom. The molecule has 2 heterocycles. The highest BCUT2D eigenvalue weighted by molar-refractivity contribution is 5.78. The van der Waals surface area contributed by atoms with Crippen molar-refractivity contribution in [3.05, 3.63) is 0 Å². The largest absolute Gasteiger partial charge is 0.481 e. The fourth-order valence-corrected chi connectivity index (χ4v) is 3.25. The molecule has 120 valence electrons. The first kappa shape index (κ1) is 16.1. The van der Waals surface area contributed by atoms with Gasteiger partial charge in [-0.05, 0) is 46.0 Å². The predicted molar refractivity (Wildman–Crippen MR) is 76.0 cm³/mol. The number of nitrogens with zero attached hydrogens (tertiary/aromatic N) is 1. The Bertz CT molecular complexity index is 411. The second-order valence-electron chi connectivity index (χ2n) is 7.00. The van der Waals surface area contributed by atoms with Gasteiger partial charge in [0.2, 0.25) is 0 Å². The van der Waals surface area contributed by atoms with Gasteiger partial charge in [-0.15, -0.1) is 0 Å². The van der Waals surface area contributed by atoms with E-state index in [-0.39, 0.29) is 12.5 Å². The number of hydrogen-bond acceptors (Lipinski definition) is 4. The molecule has 0 aromatic carbocycles. The molecule has 0 aliphatic carbocycles. The van der Waals surface area contributed by atoms with Gasteiger partial charge >= 0.3 is 12.1 Å². The van der Waals surface area contributed by atoms with Gasteiger partial charge in [0.05, 0.1) is 5.41 Å². The van der Waals surface area contributed by atoms with Crippen molar-refractivity contribution in [3.63, 3.8) is 0 Å². The smallest absolute Gasteiger partial charge is 0.410 e. The molecule has 0 bridgehead atoms. The summed E-state index contributed by atoms with van der Waals surface area (Å²) in [5.74, 6) is -0.739. The van der Waals surface area contributed by atoms with E-state index in [1.165, 1.54) is 4.90 Å². The maximum Gasteiger partial charge on any atom is 0.410 e. The molecule has 1 atom stereocenters. The van der Waals surface area contributed by atoms with E-state index in [0.717, 1.165) is 12.8 Å². The number of carboxylic acids is 1. The van der Waals surface area contributed by atoms with Crippen LogP contribution in [0.5, 0.6) is 0 Å². The van der Waals surface area contributed by atoms with Gasteiger partial charge in [0.15, 0.2) is 0 Å². The van der Waals surface area contributed by atoms with Crippen LogP contribution in [0.15, 0.2) is 0 Å². The van der Waals surface area contributed by atoms with E-state index >= 15 is 0 Å². The zero-order valence-corrected chi connectivity index (χ0v) is 13.1. The van der Waals surface area contributed by atoms with E-state index < -0.39 is 23.1 Å². The van der Waals surface area contributed by atoms with E-state index in [9.17, 15) is 14.7 Å². The number of carbonyl (C=O) groups is 2. The number of rotatable bonds is 2. The van der Waals surface area contributed by atoms with Crippen molar-refractivity contribution in [2.45, 2.75) is 45.6 Å². The minimum absolute atomic E-state index is 0.0659. The predicted octanol–water partition coefficient (Wildman–Crippen LogP) is 2.12. The third-order valence-electron chi connectivity index (χ3n) is 4.38. The summed E-state index contributed by atoms with van der Waals surface area (Å²) in [6.45, 7) is 7.32. The fraction of sp³-hybridized carbons (Fsp3) is 0.867. The maximum absolute atomic E-state index is 12.1. The molecule has 1 amide bonds. The lowest BCUT2D eigenvalue weighted by Crippen LogP contribution is -2.45. The molecule has 21 heavy (non-hydrogen) atoms. The van der Waals surface area contributed by atoms with E-state index in [2.05, 4.69) is 0 Å². The Kier molecular flexibility index (Phi) is 4.46. The quantitative estimate of drug-likeness (QED) is 0.845. The van der Waals surface area contributed by atoms with Gasteiger partial charge in [0.25, 0.3) is 0 Å². The lowest BCUT2D eigenvalue weighted by atomic mass is 9.71. The van der Waals surface area contributed by atoms with Crippen LogP contribution in [0.25, 0.3) is 0 Å². The lowest BCUT2D eigenvalue weighted by Gasteiger charge is -2.36. The molecule has 0 aromatic rings. The highest BCUT2D eigenvalue weighted by atomic mass is 16.6. The van der Waals surface area contributed by atoms with Gasteiger partial charge in [0, 0.05) is 26.3 Å². The number of aliphatic carboxylic acids is 1. The number of ether oxygens (including phenoxy) is 2. The van der Waals surface area contributed by atoms with Gasteiger partial charge in [0.1, 0.15) is 5.60 Å². The van der Waals surface area contributed by atoms with Crippen molar-refractivity contribution >= 4 is 12.1 Å². The van der Waals surface area contributed by atoms with E-state index in [1.807, 2.05) is 20.8 Å². The van der Waals surface area contributed by atoms with E-state index in [4.69, 9.17) is 9.47 Å². The molecule has 1 N–H and O–H groups in total. The molecule has 0 unspecified atom stereocenters. The van der Waals surface area contributed by atoms with Crippen LogP contribution in [0.3, 0.4) is 0 Å². The summed E-state index contributed by atoms with van der Waals surface area (Å²) in [6.07, 6.45) is 1.56. The summed E-state index contributed by atoms with van der Waals surface area (Å²) in [6, 6.07) is 0. The molecule has 2 rings (SSSR count). The standard InChI is InChI=1S/C15H25NO5/c1-14(2,3)21-13(19)16-7-6-15(10-16,12(17)18)11-4-8-20-9-5-11/h11H,4-10H2,1-3H3,(H,17,18)/t15-/m0/s1. The molecule has 2 fully saturated rings. The summed E-state index contributed by atoms with van der Waals surface area (Å²) in [7, 11) is 0. The molecular weight excluding hydrogens is 274 g/mol. The Morgan fingerprint density at radius 3 is 2.43 bits per heavy atom. The molecule has 0 spiro atoms. The van der Waals surface area contributed by atoms with Crippen molar-refractivity contribution in [3.8, 4) is 0 Å². The molecule has 6 nitrogen and oxygen atoms in total. The first-order valence-electron chi connectivity index (χ1n) is 7.54. The third-order valence-corrected chi connectivity index (χ3v) is 4.38. The summed E-state index contributed by atoms with van der Waals surface area (Å²) >= 11 is 0. The number of amides is 1. The van der Waals surface area contributed by atoms with E-state index in [1.54, 1.807) is 0 Å². The van der Waals surface area contributed by atoms with Gasteiger partial charge in [-0.1, -0.05) is 0 Å². The van der Waals surface area contributed by atoms with Crippen LogP contribution in [-0.2, 0) is 14.3 Å². The van der Waals surface area contributed by atoms with Crippen molar-refractivity contribution in [1.82, 2.24) is 4.90 Å². The molecule has 6 heteroatoms. The van der Waals surface area contributed by atoms with Crippen molar-refractivity contribution in [1.29, 1.82) is 0 Å². The molecule has 2 aliphatic rings. The monoisotopic (exact) mass is 299 g/mol. The van der Waals surface area contributed by atoms with Gasteiger partial charge in [-0.25, -0.2) is 4.79 Å². The molecular formula is C15H25NO5. The van der Waals surface area contributed by atoms with Gasteiger partial charge < -0.3 is 19.5 Å². The highest BCUT2D eigenvalue weighted by Gasteiger charge is 2.52. The number of likely N-dealkylation sites (tertiary alicyclic amines) is 1. The van der Waals surface area contributed by atoms with Crippen LogP contribution >= 0.6 is 0 Å². The topological polar surface area (TPSA) is 76.1 Å². The third kappa shape index (κ3) is 3.48. The summed E-state index contributed by atoms with van der Waals surface area (Å²) in [5, 5.41) is 9.73. The molecule has 2 aliphatic heterocycles. The first-order valence-corrected chi connectivity index (χ1v) is 7.54. The van der Waals surface area contributed by atoms with Crippen LogP contribution in [0.1, 0.15) is 40.0 Å². The zero-order chi connectivity index (χ0) is 15.7. The average Bonchev–Trinajstić information content (AvgIpc) is 2.84. The molecule has 2 saturated heterocycles. The van der Waals surface area contributed by atoms with Crippen LogP contribution in [-0.4, -0.2) is 54.0 Å². The van der Waals surface area contributed by atoms with Crippen LogP contribution in [0, 0.1) is 11.3 Å². The molecule has 0 saturated carbocycles. The average molecular weight is 299 g/mol. The zero-order valence-electron chi connectivity index (χ0n) is 13.1. The van der Waals surface area contributed by atoms with Gasteiger partial charge in [-0.2, -0.15) is 0 Å². The second-order valence-corrected chi connectivity index (χ2v) is 7.00. The maximum atomic E-state index is 12.1. The van der Waals surface area contributed by atoms with E-state index in [0.29, 0.717) is 26.2 Å². The van der Waals surface area contributed by atoms with Crippen molar-refractivity contribution in [2.24, 2.45) is 11.3 Å². The van der Waals surface area contributed by atoms with Crippen LogP contribution in [0.4, 0.5) is 4.79 Å². The fourth-order valence-electron chi connectivity index (χ4n) is 3.25. The van der Waals surface area contributed by atoms with Crippen LogP contribution < -0.4 is 0 Å². The minimum atomic E-state index is -0.847. The normalized spacial score (nSPS) is 27.7. The van der Waals surface area contributed by atoms with Gasteiger partial charge in [-0.3, -0.25) is 4.79 Å². The molecule has 0 radical (unpaired) electrons. The SMILES string of the molecule is CC(C)(C)OC(=O)N1CC[C@@](C(=O)O)(C2CCOCC2)C1. The number of carboxylic acid groups (broad SMARTS) is 1. The minimum Gasteiger partial charge on any atom is -0.481 e. The van der Waals surface area contributed by atoms with Crippen LogP contribution in [0.2, 0.25) is 0 Å². The molecule has 0 aromatic heterocycles. The second kappa shape index (κ2) is 5.83. The summed E-state index contributed by atoms with van der Waals surface area (Å²) in [5.41, 5.74) is -1.41. The number of carbonyl (C=O) groups excluding carboxylic acids is 1. The number of hydrogen-bond donors (Lipinski definition) is 1.